The first kappa shape index (κ1) is 14.6. The number of nitrogens with one attached hydrogen (secondary N) is 1. The molecular weight excluding hydrogens is 300 g/mol. The molecule has 5 nitrogen and oxygen atoms in total. The van der Waals surface area contributed by atoms with Crippen LogP contribution in [0.3, 0.4) is 0 Å². The number of nitrogens with zero attached hydrogens (tertiary/aromatic N) is 3. The van der Waals surface area contributed by atoms with E-state index in [4.69, 9.17) is 0 Å². The van der Waals surface area contributed by atoms with E-state index < -0.39 is 0 Å². The molecule has 1 N–H and O–H groups in total. The Hall–Kier alpha value is -2.95. The normalized spacial score (nSPS) is 17.2. The largest absolute Gasteiger partial charge is 0.332 e. The molecule has 24 heavy (non-hydrogen) atoms. The Morgan fingerprint density at radius 3 is 2.67 bits per heavy atom. The first-order chi connectivity index (χ1) is 11.8. The van der Waals surface area contributed by atoms with Crippen molar-refractivity contribution in [1.29, 1.82) is 0 Å². The summed E-state index contributed by atoms with van der Waals surface area (Å²) >= 11 is 0. The number of carbonyl (C=O) groups is 1. The standard InChI is InChI=1S/C19H18N4O/c24-19(16-10-5-4-9-15(16)18-20-13-21-22-18)23-12-6-11-17(23)14-7-2-1-3-8-14/h1-5,7-10,13,17H,6,11-12H2,(H,20,21,22)/t17-/m1/s1. The van der Waals surface area contributed by atoms with E-state index in [-0.39, 0.29) is 11.9 Å². The minimum absolute atomic E-state index is 0.0494. The van der Waals surface area contributed by atoms with Crippen molar-refractivity contribution in [3.05, 3.63) is 72.1 Å². The van der Waals surface area contributed by atoms with Gasteiger partial charge in [-0.05, 0) is 24.5 Å². The SMILES string of the molecule is O=C(c1ccccc1-c1ncn[nH]1)N1CCC[C@@H]1c1ccccc1. The van der Waals surface area contributed by atoms with Gasteiger partial charge in [-0.3, -0.25) is 9.89 Å². The maximum absolute atomic E-state index is 13.2. The number of hydrogen-bond acceptors (Lipinski definition) is 3. The number of rotatable bonds is 3. The second-order valence-electron chi connectivity index (χ2n) is 5.95. The van der Waals surface area contributed by atoms with Crippen molar-refractivity contribution in [2.75, 3.05) is 6.54 Å². The third-order valence-corrected chi connectivity index (χ3v) is 4.53. The van der Waals surface area contributed by atoms with Crippen LogP contribution < -0.4 is 0 Å². The molecule has 0 radical (unpaired) electrons. The van der Waals surface area contributed by atoms with Crippen molar-refractivity contribution < 1.29 is 4.79 Å². The fourth-order valence-corrected chi connectivity index (χ4v) is 3.40. The second kappa shape index (κ2) is 6.28. The number of carbonyl (C=O) groups excluding carboxylic acids is 1. The average molecular weight is 318 g/mol. The summed E-state index contributed by atoms with van der Waals surface area (Å²) in [6.45, 7) is 0.781. The highest BCUT2D eigenvalue weighted by Crippen LogP contribution is 2.34. The van der Waals surface area contributed by atoms with Crippen molar-refractivity contribution in [1.82, 2.24) is 20.1 Å². The van der Waals surface area contributed by atoms with Gasteiger partial charge in [-0.2, -0.15) is 5.10 Å². The Morgan fingerprint density at radius 1 is 1.08 bits per heavy atom. The molecule has 3 aromatic rings. The fraction of sp³-hybridized carbons (Fsp3) is 0.211. The molecule has 2 aromatic carbocycles. The number of aromatic nitrogens is 3. The number of likely N-dealkylation sites (tertiary alicyclic amines) is 1. The lowest BCUT2D eigenvalue weighted by Crippen LogP contribution is -2.31. The van der Waals surface area contributed by atoms with Gasteiger partial charge in [-0.25, -0.2) is 4.98 Å². The van der Waals surface area contributed by atoms with Crippen LogP contribution in [-0.2, 0) is 0 Å². The third kappa shape index (κ3) is 2.58. The molecule has 120 valence electrons. The molecular formula is C19H18N4O. The van der Waals surface area contributed by atoms with Gasteiger partial charge in [0.15, 0.2) is 5.82 Å². The maximum atomic E-state index is 13.2. The first-order valence-electron chi connectivity index (χ1n) is 8.15. The maximum Gasteiger partial charge on any atom is 0.255 e. The van der Waals surface area contributed by atoms with Crippen LogP contribution in [0.2, 0.25) is 0 Å². The van der Waals surface area contributed by atoms with Crippen molar-refractivity contribution in [2.45, 2.75) is 18.9 Å². The van der Waals surface area contributed by atoms with E-state index in [1.807, 2.05) is 47.4 Å². The minimum Gasteiger partial charge on any atom is -0.332 e. The Kier molecular flexibility index (Phi) is 3.83. The van der Waals surface area contributed by atoms with Crippen LogP contribution in [-0.4, -0.2) is 32.5 Å². The molecule has 4 rings (SSSR count). The summed E-state index contributed by atoms with van der Waals surface area (Å²) in [5, 5.41) is 6.75. The van der Waals surface area contributed by atoms with Crippen LogP contribution in [0.1, 0.15) is 34.8 Å². The Balaban J connectivity index is 1.69. The highest BCUT2D eigenvalue weighted by Gasteiger charge is 2.31. The first-order valence-corrected chi connectivity index (χ1v) is 8.15. The summed E-state index contributed by atoms with van der Waals surface area (Å²) in [6.07, 6.45) is 3.48. The van der Waals surface area contributed by atoms with Crippen LogP contribution in [0.15, 0.2) is 60.9 Å². The van der Waals surface area contributed by atoms with E-state index >= 15 is 0 Å². The smallest absolute Gasteiger partial charge is 0.255 e. The molecule has 5 heteroatoms. The van der Waals surface area contributed by atoms with Gasteiger partial charge in [0.05, 0.1) is 11.6 Å². The molecule has 0 aliphatic carbocycles. The van der Waals surface area contributed by atoms with Gasteiger partial charge in [0.1, 0.15) is 6.33 Å². The molecule has 0 bridgehead atoms. The van der Waals surface area contributed by atoms with Gasteiger partial charge in [0.25, 0.3) is 5.91 Å². The zero-order chi connectivity index (χ0) is 16.4. The van der Waals surface area contributed by atoms with E-state index in [1.165, 1.54) is 11.9 Å². The Labute approximate surface area is 140 Å². The van der Waals surface area contributed by atoms with E-state index in [9.17, 15) is 4.79 Å². The molecule has 0 saturated carbocycles. The zero-order valence-electron chi connectivity index (χ0n) is 13.2. The average Bonchev–Trinajstić information content (AvgIpc) is 3.33. The van der Waals surface area contributed by atoms with Crippen molar-refractivity contribution in [3.63, 3.8) is 0 Å². The predicted molar refractivity (Wildman–Crippen MR) is 91.3 cm³/mol. The van der Waals surface area contributed by atoms with E-state index in [0.717, 1.165) is 24.9 Å². The molecule has 1 saturated heterocycles. The molecule has 2 heterocycles. The predicted octanol–water partition coefficient (Wildman–Crippen LogP) is 3.45. The summed E-state index contributed by atoms with van der Waals surface area (Å²) in [4.78, 5) is 19.4. The van der Waals surface area contributed by atoms with Gasteiger partial charge in [-0.1, -0.05) is 48.5 Å². The molecule has 1 aliphatic heterocycles. The van der Waals surface area contributed by atoms with Crippen molar-refractivity contribution in [2.24, 2.45) is 0 Å². The molecule has 1 amide bonds. The zero-order valence-corrected chi connectivity index (χ0v) is 13.2. The van der Waals surface area contributed by atoms with E-state index in [1.54, 1.807) is 0 Å². The van der Waals surface area contributed by atoms with Gasteiger partial charge < -0.3 is 4.90 Å². The van der Waals surface area contributed by atoms with Crippen LogP contribution in [0, 0.1) is 0 Å². The summed E-state index contributed by atoms with van der Waals surface area (Å²) < 4.78 is 0. The molecule has 1 atom stereocenters. The fourth-order valence-electron chi connectivity index (χ4n) is 3.40. The van der Waals surface area contributed by atoms with Crippen LogP contribution in [0.5, 0.6) is 0 Å². The lowest BCUT2D eigenvalue weighted by Gasteiger charge is -2.26. The van der Waals surface area contributed by atoms with Crippen LogP contribution in [0.4, 0.5) is 0 Å². The minimum atomic E-state index is 0.0494. The number of aromatic amines is 1. The van der Waals surface area contributed by atoms with Crippen molar-refractivity contribution >= 4 is 5.91 Å². The van der Waals surface area contributed by atoms with Crippen LogP contribution in [0.25, 0.3) is 11.4 Å². The lowest BCUT2D eigenvalue weighted by molar-refractivity contribution is 0.0736. The number of H-pyrrole nitrogens is 1. The lowest BCUT2D eigenvalue weighted by atomic mass is 10.0. The monoisotopic (exact) mass is 318 g/mol. The molecule has 1 aromatic heterocycles. The molecule has 1 aliphatic rings. The number of benzene rings is 2. The molecule has 0 spiro atoms. The summed E-state index contributed by atoms with van der Waals surface area (Å²) in [5.74, 6) is 0.669. The van der Waals surface area contributed by atoms with E-state index in [2.05, 4.69) is 27.3 Å². The summed E-state index contributed by atoms with van der Waals surface area (Å²) in [6, 6.07) is 18.0. The van der Waals surface area contributed by atoms with Crippen LogP contribution >= 0.6 is 0 Å². The highest BCUT2D eigenvalue weighted by atomic mass is 16.2. The van der Waals surface area contributed by atoms with E-state index in [0.29, 0.717) is 11.4 Å². The highest BCUT2D eigenvalue weighted by molar-refractivity contribution is 6.00. The quantitative estimate of drug-likeness (QED) is 0.804. The van der Waals surface area contributed by atoms with Gasteiger partial charge in [0.2, 0.25) is 0 Å². The van der Waals surface area contributed by atoms with Crippen molar-refractivity contribution in [3.8, 4) is 11.4 Å². The second-order valence-corrected chi connectivity index (χ2v) is 5.95. The Bertz CT molecular complexity index is 830. The third-order valence-electron chi connectivity index (χ3n) is 4.53. The van der Waals surface area contributed by atoms with Gasteiger partial charge in [0, 0.05) is 12.1 Å². The van der Waals surface area contributed by atoms with Gasteiger partial charge >= 0.3 is 0 Å². The van der Waals surface area contributed by atoms with Gasteiger partial charge in [-0.15, -0.1) is 0 Å². The Morgan fingerprint density at radius 2 is 1.88 bits per heavy atom. The molecule has 0 unspecified atom stereocenters. The topological polar surface area (TPSA) is 61.9 Å². The summed E-state index contributed by atoms with van der Waals surface area (Å²) in [7, 11) is 0. The molecule has 1 fully saturated rings. The summed E-state index contributed by atoms with van der Waals surface area (Å²) in [5.41, 5.74) is 2.65. The number of amides is 1. The number of hydrogen-bond donors (Lipinski definition) is 1.